The van der Waals surface area contributed by atoms with Crippen LogP contribution in [0.1, 0.15) is 75.1 Å². The van der Waals surface area contributed by atoms with Crippen molar-refractivity contribution in [2.75, 3.05) is 26.7 Å². The Kier molecular flexibility index (Phi) is 9.39. The summed E-state index contributed by atoms with van der Waals surface area (Å²) in [6.45, 7) is 2.65. The summed E-state index contributed by atoms with van der Waals surface area (Å²) >= 11 is 0. The highest BCUT2D eigenvalue weighted by molar-refractivity contribution is 7.84. The van der Waals surface area contributed by atoms with Crippen molar-refractivity contribution in [1.82, 2.24) is 9.80 Å². The lowest BCUT2D eigenvalue weighted by Gasteiger charge is -2.37. The second-order valence-electron chi connectivity index (χ2n) is 10.6. The molecular formula is C27H39N3O6S. The third-order valence-electron chi connectivity index (χ3n) is 7.95. The van der Waals surface area contributed by atoms with Crippen LogP contribution in [0.15, 0.2) is 35.9 Å². The molecule has 1 aliphatic carbocycles. The van der Waals surface area contributed by atoms with Crippen LogP contribution in [0.4, 0.5) is 0 Å². The molecule has 2 heterocycles. The summed E-state index contributed by atoms with van der Waals surface area (Å²) in [4.78, 5) is 30.4. The molecule has 2 fully saturated rings. The molecule has 0 spiro atoms. The zero-order valence-electron chi connectivity index (χ0n) is 21.6. The van der Waals surface area contributed by atoms with Gasteiger partial charge < -0.3 is 13.8 Å². The molecule has 0 amide bonds. The zero-order chi connectivity index (χ0) is 26.4. The van der Waals surface area contributed by atoms with Gasteiger partial charge in [0, 0.05) is 36.3 Å². The van der Waals surface area contributed by atoms with Gasteiger partial charge in [-0.1, -0.05) is 56.4 Å². The summed E-state index contributed by atoms with van der Waals surface area (Å²) in [6.07, 6.45) is 10.0. The van der Waals surface area contributed by atoms with E-state index in [9.17, 15) is 18.0 Å². The van der Waals surface area contributed by atoms with Crippen molar-refractivity contribution in [3.63, 3.8) is 0 Å². The first-order valence-electron chi connectivity index (χ1n) is 13.4. The lowest BCUT2D eigenvalue weighted by molar-refractivity contribution is -0.155. The molecule has 1 unspecified atom stereocenters. The SMILES string of the molecule is CN1CCC[C@H]1CCN1CCc2ccccc2C1OC(=O)/C=C(\CC1CCCCC1)C(=O)OS(N)(=O)=O. The number of carbonyl (C=O) groups excluding carboxylic acids is 2. The van der Waals surface area contributed by atoms with Crippen molar-refractivity contribution < 1.29 is 26.9 Å². The Hall–Kier alpha value is -2.27. The molecule has 1 aromatic carbocycles. The van der Waals surface area contributed by atoms with Crippen LogP contribution >= 0.6 is 0 Å². The second-order valence-corrected chi connectivity index (χ2v) is 11.7. The van der Waals surface area contributed by atoms with Gasteiger partial charge in [-0.15, -0.1) is 0 Å². The Balaban J connectivity index is 1.52. The first-order chi connectivity index (χ1) is 17.7. The van der Waals surface area contributed by atoms with Crippen molar-refractivity contribution in [2.24, 2.45) is 11.1 Å². The summed E-state index contributed by atoms with van der Waals surface area (Å²) in [5.41, 5.74) is 2.06. The molecule has 0 radical (unpaired) electrons. The van der Waals surface area contributed by atoms with Gasteiger partial charge in [-0.2, -0.15) is 13.6 Å². The van der Waals surface area contributed by atoms with E-state index in [1.807, 2.05) is 24.3 Å². The highest BCUT2D eigenvalue weighted by Gasteiger charge is 2.32. The molecule has 2 atom stereocenters. The van der Waals surface area contributed by atoms with Crippen LogP contribution < -0.4 is 5.14 Å². The van der Waals surface area contributed by atoms with Gasteiger partial charge in [0.2, 0.25) is 0 Å². The highest BCUT2D eigenvalue weighted by Crippen LogP contribution is 2.33. The average Bonchev–Trinajstić information content (AvgIpc) is 3.27. The van der Waals surface area contributed by atoms with Crippen molar-refractivity contribution in [3.05, 3.63) is 47.0 Å². The number of likely N-dealkylation sites (tertiary alicyclic amines) is 1. The summed E-state index contributed by atoms with van der Waals surface area (Å²) in [6, 6.07) is 8.45. The van der Waals surface area contributed by atoms with Crippen LogP contribution in [0.2, 0.25) is 0 Å². The molecule has 4 rings (SSSR count). The maximum atomic E-state index is 13.2. The standard InChI is InChI=1S/C27H39N3O6S/c1-29-15-7-11-23(29)14-17-30-16-13-21-10-5-6-12-24(21)26(30)35-25(31)19-22(27(32)36-37(28,33)34)18-20-8-3-2-4-9-20/h5-6,10,12,19-20,23,26H,2-4,7-9,11,13-18H2,1H3,(H2,28,33,34)/b22-19+/t23-,26?/m0/s1. The van der Waals surface area contributed by atoms with Crippen LogP contribution in [-0.4, -0.2) is 62.9 Å². The minimum absolute atomic E-state index is 0.0193. The third kappa shape index (κ3) is 7.86. The molecule has 37 heavy (non-hydrogen) atoms. The van der Waals surface area contributed by atoms with Gasteiger partial charge in [0.1, 0.15) is 0 Å². The summed E-state index contributed by atoms with van der Waals surface area (Å²) in [7, 11) is -2.34. The Morgan fingerprint density at radius 1 is 1.08 bits per heavy atom. The number of esters is 1. The molecule has 10 heteroatoms. The van der Waals surface area contributed by atoms with Crippen LogP contribution in [-0.2, 0) is 35.2 Å². The molecule has 2 aliphatic heterocycles. The van der Waals surface area contributed by atoms with Crippen LogP contribution in [0.5, 0.6) is 0 Å². The van der Waals surface area contributed by atoms with Gasteiger partial charge in [-0.25, -0.2) is 9.59 Å². The van der Waals surface area contributed by atoms with Gasteiger partial charge in [0.15, 0.2) is 6.23 Å². The average molecular weight is 534 g/mol. The minimum atomic E-state index is -4.50. The molecular weight excluding hydrogens is 494 g/mol. The number of rotatable bonds is 9. The fourth-order valence-electron chi connectivity index (χ4n) is 5.96. The van der Waals surface area contributed by atoms with E-state index in [-0.39, 0.29) is 17.9 Å². The van der Waals surface area contributed by atoms with E-state index in [1.165, 1.54) is 12.8 Å². The number of hydrogen-bond acceptors (Lipinski definition) is 8. The van der Waals surface area contributed by atoms with Crippen LogP contribution in [0.25, 0.3) is 0 Å². The number of hydrogen-bond donors (Lipinski definition) is 1. The van der Waals surface area contributed by atoms with Crippen molar-refractivity contribution in [1.29, 1.82) is 0 Å². The Bertz CT molecular complexity index is 1100. The van der Waals surface area contributed by atoms with Gasteiger partial charge in [-0.3, -0.25) is 4.90 Å². The predicted octanol–water partition coefficient (Wildman–Crippen LogP) is 3.21. The highest BCUT2D eigenvalue weighted by atomic mass is 32.2. The van der Waals surface area contributed by atoms with E-state index in [1.54, 1.807) is 0 Å². The minimum Gasteiger partial charge on any atom is -0.439 e. The normalized spacial score (nSPS) is 24.0. The van der Waals surface area contributed by atoms with Crippen LogP contribution in [0, 0.1) is 5.92 Å². The Morgan fingerprint density at radius 3 is 2.54 bits per heavy atom. The summed E-state index contributed by atoms with van der Waals surface area (Å²) in [5.74, 6) is -1.63. The summed E-state index contributed by atoms with van der Waals surface area (Å²) in [5, 5.41) is 4.93. The molecule has 2 N–H and O–H groups in total. The smallest absolute Gasteiger partial charge is 0.382 e. The van der Waals surface area contributed by atoms with E-state index in [2.05, 4.69) is 21.0 Å². The molecule has 3 aliphatic rings. The Morgan fingerprint density at radius 2 is 1.84 bits per heavy atom. The molecule has 204 valence electrons. The fourth-order valence-corrected chi connectivity index (χ4v) is 6.27. The van der Waals surface area contributed by atoms with E-state index in [4.69, 9.17) is 9.88 Å². The van der Waals surface area contributed by atoms with E-state index < -0.39 is 28.5 Å². The quantitative estimate of drug-likeness (QED) is 0.380. The molecule has 9 nitrogen and oxygen atoms in total. The van der Waals surface area contributed by atoms with Crippen molar-refractivity contribution in [2.45, 2.75) is 76.5 Å². The number of benzene rings is 1. The summed E-state index contributed by atoms with van der Waals surface area (Å²) < 4.78 is 33.2. The lowest BCUT2D eigenvalue weighted by Crippen LogP contribution is -2.40. The number of carbonyl (C=O) groups is 2. The number of ether oxygens (including phenoxy) is 1. The largest absolute Gasteiger partial charge is 0.439 e. The third-order valence-corrected chi connectivity index (χ3v) is 8.33. The number of nitrogens with zero attached hydrogens (tertiary/aromatic N) is 2. The van der Waals surface area contributed by atoms with Gasteiger partial charge >= 0.3 is 22.2 Å². The Labute approximate surface area is 220 Å². The van der Waals surface area contributed by atoms with Crippen molar-refractivity contribution >= 4 is 22.2 Å². The maximum Gasteiger partial charge on any atom is 0.382 e. The van der Waals surface area contributed by atoms with E-state index in [0.717, 1.165) is 81.8 Å². The molecule has 1 saturated heterocycles. The van der Waals surface area contributed by atoms with Gasteiger partial charge in [0.05, 0.1) is 0 Å². The fraction of sp³-hybridized carbons (Fsp3) is 0.630. The monoisotopic (exact) mass is 533 g/mol. The first-order valence-corrected chi connectivity index (χ1v) is 14.9. The van der Waals surface area contributed by atoms with Crippen molar-refractivity contribution in [3.8, 4) is 0 Å². The zero-order valence-corrected chi connectivity index (χ0v) is 22.5. The lowest BCUT2D eigenvalue weighted by atomic mass is 9.84. The number of fused-ring (bicyclic) bond motifs is 1. The van der Waals surface area contributed by atoms with Gasteiger partial charge in [-0.05, 0) is 57.2 Å². The molecule has 1 aromatic rings. The number of nitrogens with two attached hydrogens (primary N) is 1. The topological polar surface area (TPSA) is 119 Å². The van der Waals surface area contributed by atoms with Gasteiger partial charge in [0.25, 0.3) is 0 Å². The molecule has 0 bridgehead atoms. The maximum absolute atomic E-state index is 13.2. The van der Waals surface area contributed by atoms with Crippen LogP contribution in [0.3, 0.4) is 0 Å². The molecule has 1 saturated carbocycles. The van der Waals surface area contributed by atoms with E-state index >= 15 is 0 Å². The first kappa shape index (κ1) is 27.8. The predicted molar refractivity (Wildman–Crippen MR) is 139 cm³/mol. The molecule has 0 aromatic heterocycles. The second kappa shape index (κ2) is 12.5. The van der Waals surface area contributed by atoms with E-state index in [0.29, 0.717) is 6.04 Å².